The molecular weight excluding hydrogens is 580 g/mol. The molecule has 0 aromatic heterocycles. The highest BCUT2D eigenvalue weighted by atomic mass is 16.5. The first kappa shape index (κ1) is 27.9. The molecule has 0 radical (unpaired) electrons. The fraction of sp³-hybridized carbons (Fsp3) is 0.184. The van der Waals surface area contributed by atoms with Crippen LogP contribution in [0, 0.1) is 5.92 Å². The first-order chi connectivity index (χ1) is 22.2. The fourth-order valence-electron chi connectivity index (χ4n) is 7.38. The molecule has 0 fully saturated rings. The average Bonchev–Trinajstić information content (AvgIpc) is 3.08. The molecule has 2 aliphatic heterocycles. The van der Waals surface area contributed by atoms with Gasteiger partial charge in [-0.15, -0.1) is 0 Å². The summed E-state index contributed by atoms with van der Waals surface area (Å²) in [5, 5.41) is 7.08. The largest absolute Gasteiger partial charge is 0.467 e. The molecule has 2 atom stereocenters. The van der Waals surface area contributed by atoms with E-state index in [1.807, 2.05) is 31.2 Å². The van der Waals surface area contributed by atoms with Crippen molar-refractivity contribution < 1.29 is 28.7 Å². The number of carbonyl (C=O) groups excluding carboxylic acids is 5. The maximum atomic E-state index is 14.1. The van der Waals surface area contributed by atoms with Gasteiger partial charge in [0.1, 0.15) is 6.04 Å². The van der Waals surface area contributed by atoms with E-state index in [4.69, 9.17) is 4.74 Å². The number of methoxy groups -OCH3 is 1. The summed E-state index contributed by atoms with van der Waals surface area (Å²) in [6.07, 6.45) is 0.530. The van der Waals surface area contributed by atoms with Crippen molar-refractivity contribution in [1.29, 1.82) is 0 Å². The van der Waals surface area contributed by atoms with E-state index >= 15 is 0 Å². The molecule has 0 bridgehead atoms. The lowest BCUT2D eigenvalue weighted by molar-refractivity contribution is -0.147. The summed E-state index contributed by atoms with van der Waals surface area (Å²) in [7, 11) is 1.22. The molecule has 8 rings (SSSR count). The van der Waals surface area contributed by atoms with Crippen LogP contribution in [0.1, 0.15) is 67.3 Å². The number of amides is 4. The van der Waals surface area contributed by atoms with Gasteiger partial charge in [0.25, 0.3) is 23.6 Å². The minimum atomic E-state index is -1.12. The van der Waals surface area contributed by atoms with Crippen LogP contribution in [0.3, 0.4) is 0 Å². The van der Waals surface area contributed by atoms with Crippen LogP contribution < -0.4 is 0 Å². The summed E-state index contributed by atoms with van der Waals surface area (Å²) in [5.41, 5.74) is 1.64. The molecular formula is C38H28N2O6. The number of benzene rings is 6. The Kier molecular flexibility index (Phi) is 6.02. The highest BCUT2D eigenvalue weighted by molar-refractivity contribution is 6.34. The van der Waals surface area contributed by atoms with Gasteiger partial charge in [0.2, 0.25) is 0 Å². The number of esters is 1. The summed E-state index contributed by atoms with van der Waals surface area (Å²) in [6, 6.07) is 23.5. The van der Waals surface area contributed by atoms with Crippen LogP contribution >= 0.6 is 0 Å². The topological polar surface area (TPSA) is 101 Å². The Morgan fingerprint density at radius 2 is 1.15 bits per heavy atom. The van der Waals surface area contributed by atoms with Crippen molar-refractivity contribution in [2.45, 2.75) is 32.9 Å². The number of hydrogen-bond acceptors (Lipinski definition) is 6. The van der Waals surface area contributed by atoms with E-state index in [1.165, 1.54) is 24.1 Å². The number of carbonyl (C=O) groups is 5. The summed E-state index contributed by atoms with van der Waals surface area (Å²) >= 11 is 0. The third kappa shape index (κ3) is 3.64. The maximum Gasteiger partial charge on any atom is 0.329 e. The molecule has 8 heteroatoms. The molecule has 4 amide bonds. The summed E-state index contributed by atoms with van der Waals surface area (Å²) in [5.74, 6) is -3.35. The lowest BCUT2D eigenvalue weighted by atomic mass is 9.84. The van der Waals surface area contributed by atoms with Crippen LogP contribution in [0.25, 0.3) is 43.1 Å². The number of rotatable bonds is 6. The van der Waals surface area contributed by atoms with E-state index < -0.39 is 35.6 Å². The Hall–Kier alpha value is -5.63. The minimum Gasteiger partial charge on any atom is -0.467 e. The van der Waals surface area contributed by atoms with Crippen molar-refractivity contribution in [2.24, 2.45) is 5.92 Å². The minimum absolute atomic E-state index is 0.0532. The van der Waals surface area contributed by atoms with Crippen LogP contribution in [0.15, 0.2) is 78.9 Å². The van der Waals surface area contributed by atoms with Crippen LogP contribution in [0.2, 0.25) is 0 Å². The van der Waals surface area contributed by atoms with Crippen molar-refractivity contribution in [3.63, 3.8) is 0 Å². The van der Waals surface area contributed by atoms with E-state index in [-0.39, 0.29) is 45.5 Å². The van der Waals surface area contributed by atoms with E-state index in [2.05, 4.69) is 30.3 Å². The quantitative estimate of drug-likeness (QED) is 0.118. The van der Waals surface area contributed by atoms with Crippen molar-refractivity contribution in [3.05, 3.63) is 107 Å². The molecule has 0 spiro atoms. The molecule has 226 valence electrons. The van der Waals surface area contributed by atoms with E-state index in [0.717, 1.165) is 42.8 Å². The zero-order chi connectivity index (χ0) is 32.0. The third-order valence-corrected chi connectivity index (χ3v) is 9.86. The van der Waals surface area contributed by atoms with Crippen LogP contribution in [0.4, 0.5) is 0 Å². The summed E-state index contributed by atoms with van der Waals surface area (Å²) < 4.78 is 4.98. The second-order valence-corrected chi connectivity index (χ2v) is 12.2. The molecule has 2 heterocycles. The Bertz CT molecular complexity index is 2270. The molecule has 0 saturated heterocycles. The second kappa shape index (κ2) is 9.94. The average molecular weight is 609 g/mol. The van der Waals surface area contributed by atoms with Gasteiger partial charge in [-0.3, -0.25) is 29.0 Å². The molecule has 2 aliphatic rings. The monoisotopic (exact) mass is 608 g/mol. The highest BCUT2D eigenvalue weighted by Crippen LogP contribution is 2.41. The first-order valence-electron chi connectivity index (χ1n) is 15.3. The van der Waals surface area contributed by atoms with Gasteiger partial charge in [-0.25, -0.2) is 4.79 Å². The van der Waals surface area contributed by atoms with Gasteiger partial charge in [-0.2, -0.15) is 0 Å². The molecule has 0 N–H and O–H groups in total. The van der Waals surface area contributed by atoms with Gasteiger partial charge >= 0.3 is 5.97 Å². The predicted molar refractivity (Wildman–Crippen MR) is 174 cm³/mol. The van der Waals surface area contributed by atoms with Crippen LogP contribution in [-0.4, -0.2) is 52.5 Å². The smallest absolute Gasteiger partial charge is 0.329 e. The van der Waals surface area contributed by atoms with Crippen LogP contribution in [0.5, 0.6) is 0 Å². The fourth-order valence-corrected chi connectivity index (χ4v) is 7.38. The van der Waals surface area contributed by atoms with Gasteiger partial charge < -0.3 is 4.74 Å². The van der Waals surface area contributed by atoms with Gasteiger partial charge in [0.15, 0.2) is 0 Å². The Balaban J connectivity index is 1.23. The van der Waals surface area contributed by atoms with Crippen molar-refractivity contribution in [3.8, 4) is 0 Å². The van der Waals surface area contributed by atoms with E-state index in [9.17, 15) is 24.0 Å². The number of hydrogen-bond donors (Lipinski definition) is 0. The molecule has 0 unspecified atom stereocenters. The van der Waals surface area contributed by atoms with Gasteiger partial charge in [0.05, 0.1) is 13.7 Å². The van der Waals surface area contributed by atoms with Gasteiger partial charge in [-0.1, -0.05) is 74.9 Å². The SMILES string of the molecule is CC[C@H](C)[C@@H](C(=O)OC)N1C(=O)c2ccc3c4c(ccc(c24)C1=O)C(=O)N(Cc1ccc2ccc4cccc5ccc1c2c45)C3=O. The van der Waals surface area contributed by atoms with Crippen molar-refractivity contribution in [2.75, 3.05) is 7.11 Å². The maximum absolute atomic E-state index is 14.1. The van der Waals surface area contributed by atoms with Crippen molar-refractivity contribution >= 4 is 72.7 Å². The van der Waals surface area contributed by atoms with Crippen molar-refractivity contribution in [1.82, 2.24) is 9.80 Å². The number of nitrogens with zero attached hydrogens (tertiary/aromatic N) is 2. The number of ether oxygens (including phenoxy) is 1. The highest BCUT2D eigenvalue weighted by Gasteiger charge is 2.45. The predicted octanol–water partition coefficient (Wildman–Crippen LogP) is 6.72. The number of imide groups is 2. The molecule has 46 heavy (non-hydrogen) atoms. The Labute approximate surface area is 263 Å². The summed E-state index contributed by atoms with van der Waals surface area (Å²) in [6.45, 7) is 3.70. The molecule has 6 aromatic rings. The lowest BCUT2D eigenvalue weighted by Gasteiger charge is -2.36. The van der Waals surface area contributed by atoms with Gasteiger partial charge in [-0.05, 0) is 68.1 Å². The standard InChI is InChI=1S/C38H28N2O6/c1-4-19(2)33(38(45)46-3)40-36(43)27-16-14-25-31-26(15-17-28(32(27)31)37(40)44)35(42)39(34(25)41)18-23-11-10-22-9-8-20-6-5-7-21-12-13-24(23)30(22)29(20)21/h5-17,19,33H,4,18H2,1-3H3/t19-,33-/m0/s1. The molecule has 0 saturated carbocycles. The second-order valence-electron chi connectivity index (χ2n) is 12.2. The van der Waals surface area contributed by atoms with E-state index in [0.29, 0.717) is 6.42 Å². The summed E-state index contributed by atoms with van der Waals surface area (Å²) in [4.78, 5) is 70.9. The zero-order valence-electron chi connectivity index (χ0n) is 25.4. The third-order valence-electron chi connectivity index (χ3n) is 9.86. The normalized spacial score (nSPS) is 15.9. The molecule has 0 aliphatic carbocycles. The first-order valence-corrected chi connectivity index (χ1v) is 15.3. The van der Waals surface area contributed by atoms with Crippen LogP contribution in [-0.2, 0) is 16.1 Å². The molecule has 8 nitrogen and oxygen atoms in total. The van der Waals surface area contributed by atoms with Gasteiger partial charge in [0, 0.05) is 33.0 Å². The molecule has 6 aromatic carbocycles. The lowest BCUT2D eigenvalue weighted by Crippen LogP contribution is -2.53. The Morgan fingerprint density at radius 1 is 0.652 bits per heavy atom. The zero-order valence-corrected chi connectivity index (χ0v) is 25.4. The van der Waals surface area contributed by atoms with E-state index in [1.54, 1.807) is 19.1 Å². The Morgan fingerprint density at radius 3 is 1.70 bits per heavy atom.